The first-order valence-electron chi connectivity index (χ1n) is 8.16. The lowest BCUT2D eigenvalue weighted by Gasteiger charge is -2.20. The molecule has 0 saturated carbocycles. The number of hydrogen-bond donors (Lipinski definition) is 1. The van der Waals surface area contributed by atoms with Gasteiger partial charge < -0.3 is 5.32 Å². The Morgan fingerprint density at radius 1 is 0.792 bits per heavy atom. The van der Waals surface area contributed by atoms with Crippen LogP contribution < -0.4 is 5.32 Å². The minimum atomic E-state index is 0.172. The average molecular weight is 380 g/mol. The largest absolute Gasteiger partial charge is 0.355 e. The minimum absolute atomic E-state index is 0.172. The Kier molecular flexibility index (Phi) is 4.77. The Hall–Kier alpha value is -2.06. The summed E-state index contributed by atoms with van der Waals surface area (Å²) >= 11 is 3.58. The van der Waals surface area contributed by atoms with Crippen LogP contribution in [0.5, 0.6) is 0 Å². The van der Waals surface area contributed by atoms with Crippen LogP contribution in [-0.4, -0.2) is 0 Å². The van der Waals surface area contributed by atoms with E-state index in [-0.39, 0.29) is 5.41 Å². The van der Waals surface area contributed by atoms with Gasteiger partial charge in [0.1, 0.15) is 0 Å². The Bertz CT molecular complexity index is 815. The summed E-state index contributed by atoms with van der Waals surface area (Å²) in [5.74, 6) is 0. The highest BCUT2D eigenvalue weighted by Gasteiger charge is 2.13. The van der Waals surface area contributed by atoms with Gasteiger partial charge >= 0.3 is 0 Å². The summed E-state index contributed by atoms with van der Waals surface area (Å²) in [7, 11) is 0. The molecular weight excluding hydrogens is 358 g/mol. The SMILES string of the molecule is CC(C)(C)c1ccc(Nc2ccc(Br)cc2-c2ccccc2)cc1. The van der Waals surface area contributed by atoms with Crippen molar-refractivity contribution in [1.82, 2.24) is 0 Å². The molecule has 2 heteroatoms. The van der Waals surface area contributed by atoms with Gasteiger partial charge in [-0.2, -0.15) is 0 Å². The van der Waals surface area contributed by atoms with E-state index in [0.29, 0.717) is 0 Å². The molecule has 0 aliphatic rings. The molecule has 3 aromatic rings. The lowest BCUT2D eigenvalue weighted by molar-refractivity contribution is 0.590. The van der Waals surface area contributed by atoms with Crippen LogP contribution in [0, 0.1) is 0 Å². The van der Waals surface area contributed by atoms with Gasteiger partial charge in [-0.15, -0.1) is 0 Å². The molecule has 0 aliphatic carbocycles. The molecular formula is C22H22BrN. The molecule has 24 heavy (non-hydrogen) atoms. The third kappa shape index (κ3) is 3.88. The number of hydrogen-bond acceptors (Lipinski definition) is 1. The number of nitrogens with one attached hydrogen (secondary N) is 1. The highest BCUT2D eigenvalue weighted by Crippen LogP contribution is 2.33. The monoisotopic (exact) mass is 379 g/mol. The van der Waals surface area contributed by atoms with Crippen molar-refractivity contribution in [1.29, 1.82) is 0 Å². The van der Waals surface area contributed by atoms with Gasteiger partial charge in [-0.1, -0.05) is 79.2 Å². The van der Waals surface area contributed by atoms with Crippen molar-refractivity contribution in [3.63, 3.8) is 0 Å². The first-order chi connectivity index (χ1) is 11.4. The molecule has 0 spiro atoms. The van der Waals surface area contributed by atoms with Gasteiger partial charge in [0.05, 0.1) is 0 Å². The lowest BCUT2D eigenvalue weighted by Crippen LogP contribution is -2.10. The number of rotatable bonds is 3. The van der Waals surface area contributed by atoms with Gasteiger partial charge in [0, 0.05) is 21.4 Å². The molecule has 0 aliphatic heterocycles. The summed E-state index contributed by atoms with van der Waals surface area (Å²) in [4.78, 5) is 0. The Morgan fingerprint density at radius 3 is 2.08 bits per heavy atom. The van der Waals surface area contributed by atoms with E-state index < -0.39 is 0 Å². The van der Waals surface area contributed by atoms with Crippen LogP contribution in [0.1, 0.15) is 26.3 Å². The molecule has 0 fully saturated rings. The van der Waals surface area contributed by atoms with Gasteiger partial charge in [0.25, 0.3) is 0 Å². The first kappa shape index (κ1) is 16.8. The summed E-state index contributed by atoms with van der Waals surface area (Å²) < 4.78 is 1.08. The molecule has 0 amide bonds. The second-order valence-corrected chi connectivity index (χ2v) is 7.92. The number of anilines is 2. The quantitative estimate of drug-likeness (QED) is 0.508. The van der Waals surface area contributed by atoms with Gasteiger partial charge in [-0.05, 0) is 46.9 Å². The van der Waals surface area contributed by atoms with E-state index in [0.717, 1.165) is 15.8 Å². The van der Waals surface area contributed by atoms with Crippen molar-refractivity contribution in [2.75, 3.05) is 5.32 Å². The Balaban J connectivity index is 1.93. The van der Waals surface area contributed by atoms with Crippen molar-refractivity contribution in [2.24, 2.45) is 0 Å². The molecule has 3 aromatic carbocycles. The molecule has 0 aromatic heterocycles. The summed E-state index contributed by atoms with van der Waals surface area (Å²) in [6.07, 6.45) is 0. The number of halogens is 1. The van der Waals surface area contributed by atoms with Crippen LogP contribution in [0.2, 0.25) is 0 Å². The van der Waals surface area contributed by atoms with Gasteiger partial charge in [0.2, 0.25) is 0 Å². The van der Waals surface area contributed by atoms with Crippen molar-refractivity contribution >= 4 is 27.3 Å². The normalized spacial score (nSPS) is 11.3. The zero-order valence-electron chi connectivity index (χ0n) is 14.3. The zero-order chi connectivity index (χ0) is 17.2. The average Bonchev–Trinajstić information content (AvgIpc) is 2.57. The fourth-order valence-electron chi connectivity index (χ4n) is 2.69. The van der Waals surface area contributed by atoms with Crippen LogP contribution >= 0.6 is 15.9 Å². The van der Waals surface area contributed by atoms with E-state index in [2.05, 4.69) is 109 Å². The molecule has 0 atom stereocenters. The fraction of sp³-hybridized carbons (Fsp3) is 0.182. The van der Waals surface area contributed by atoms with Crippen LogP contribution in [0.4, 0.5) is 11.4 Å². The molecule has 0 unspecified atom stereocenters. The zero-order valence-corrected chi connectivity index (χ0v) is 15.9. The van der Waals surface area contributed by atoms with Gasteiger partial charge in [0.15, 0.2) is 0 Å². The summed E-state index contributed by atoms with van der Waals surface area (Å²) in [6, 6.07) is 25.5. The predicted molar refractivity (Wildman–Crippen MR) is 108 cm³/mol. The van der Waals surface area contributed by atoms with Crippen LogP contribution in [0.25, 0.3) is 11.1 Å². The molecule has 1 N–H and O–H groups in total. The highest BCUT2D eigenvalue weighted by molar-refractivity contribution is 9.10. The van der Waals surface area contributed by atoms with E-state index >= 15 is 0 Å². The fourth-order valence-corrected chi connectivity index (χ4v) is 3.05. The number of benzene rings is 3. The van der Waals surface area contributed by atoms with Crippen molar-refractivity contribution in [3.05, 3.63) is 82.8 Å². The van der Waals surface area contributed by atoms with Crippen LogP contribution in [-0.2, 0) is 5.41 Å². The maximum absolute atomic E-state index is 3.58. The van der Waals surface area contributed by atoms with Gasteiger partial charge in [-0.3, -0.25) is 0 Å². The minimum Gasteiger partial charge on any atom is -0.355 e. The maximum atomic E-state index is 3.58. The molecule has 122 valence electrons. The molecule has 3 rings (SSSR count). The van der Waals surface area contributed by atoms with E-state index in [1.807, 2.05) is 6.07 Å². The van der Waals surface area contributed by atoms with E-state index in [1.165, 1.54) is 16.7 Å². The summed E-state index contributed by atoms with van der Waals surface area (Å²) in [5, 5.41) is 3.56. The molecule has 0 bridgehead atoms. The van der Waals surface area contributed by atoms with Gasteiger partial charge in [-0.25, -0.2) is 0 Å². The van der Waals surface area contributed by atoms with Crippen LogP contribution in [0.3, 0.4) is 0 Å². The second-order valence-electron chi connectivity index (χ2n) is 7.01. The maximum Gasteiger partial charge on any atom is 0.0464 e. The first-order valence-corrected chi connectivity index (χ1v) is 8.95. The molecule has 1 nitrogen and oxygen atoms in total. The molecule has 0 radical (unpaired) electrons. The van der Waals surface area contributed by atoms with E-state index in [9.17, 15) is 0 Å². The lowest BCUT2D eigenvalue weighted by atomic mass is 9.87. The Labute approximate surface area is 152 Å². The summed E-state index contributed by atoms with van der Waals surface area (Å²) in [6.45, 7) is 6.70. The van der Waals surface area contributed by atoms with Crippen molar-refractivity contribution < 1.29 is 0 Å². The third-order valence-corrected chi connectivity index (χ3v) is 4.59. The second kappa shape index (κ2) is 6.82. The molecule has 0 saturated heterocycles. The molecule has 0 heterocycles. The standard InChI is InChI=1S/C22H22BrN/c1-22(2,3)17-9-12-19(13-10-17)24-21-14-11-18(23)15-20(21)16-7-5-4-6-8-16/h4-15,24H,1-3H3. The third-order valence-electron chi connectivity index (χ3n) is 4.10. The predicted octanol–water partition coefficient (Wildman–Crippen LogP) is 7.16. The Morgan fingerprint density at radius 2 is 1.46 bits per heavy atom. The van der Waals surface area contributed by atoms with E-state index in [1.54, 1.807) is 0 Å². The van der Waals surface area contributed by atoms with Crippen molar-refractivity contribution in [2.45, 2.75) is 26.2 Å². The van der Waals surface area contributed by atoms with Crippen LogP contribution in [0.15, 0.2) is 77.3 Å². The van der Waals surface area contributed by atoms with E-state index in [4.69, 9.17) is 0 Å². The highest BCUT2D eigenvalue weighted by atomic mass is 79.9. The smallest absolute Gasteiger partial charge is 0.0464 e. The summed E-state index contributed by atoms with van der Waals surface area (Å²) in [5.41, 5.74) is 6.10. The topological polar surface area (TPSA) is 12.0 Å². The van der Waals surface area contributed by atoms with Crippen molar-refractivity contribution in [3.8, 4) is 11.1 Å².